The number of halogens is 1. The second-order valence-electron chi connectivity index (χ2n) is 3.32. The minimum Gasteiger partial charge on any atom is -0.457 e. The lowest BCUT2D eigenvalue weighted by Gasteiger charge is -1.94. The molecule has 2 aromatic heterocycles. The van der Waals surface area contributed by atoms with Gasteiger partial charge in [0.25, 0.3) is 0 Å². The SMILES string of the molecule is CNCCCc1nnc(-c2ccoc2Br)s1. The zero-order valence-corrected chi connectivity index (χ0v) is 11.3. The highest BCUT2D eigenvalue weighted by atomic mass is 79.9. The van der Waals surface area contributed by atoms with Crippen LogP contribution in [-0.4, -0.2) is 23.8 Å². The molecule has 0 aliphatic rings. The Bertz CT molecular complexity index is 454. The van der Waals surface area contributed by atoms with Crippen molar-refractivity contribution in [1.29, 1.82) is 0 Å². The van der Waals surface area contributed by atoms with E-state index in [1.165, 1.54) is 0 Å². The summed E-state index contributed by atoms with van der Waals surface area (Å²) < 4.78 is 5.89. The summed E-state index contributed by atoms with van der Waals surface area (Å²) in [6, 6.07) is 1.89. The number of hydrogen-bond acceptors (Lipinski definition) is 5. The third-order valence-electron chi connectivity index (χ3n) is 2.13. The Balaban J connectivity index is 2.05. The van der Waals surface area contributed by atoms with Crippen LogP contribution in [0.3, 0.4) is 0 Å². The number of aromatic nitrogens is 2. The van der Waals surface area contributed by atoms with Gasteiger partial charge in [-0.2, -0.15) is 0 Å². The van der Waals surface area contributed by atoms with E-state index in [4.69, 9.17) is 4.42 Å². The highest BCUT2D eigenvalue weighted by Crippen LogP contribution is 2.31. The molecule has 0 unspecified atom stereocenters. The van der Waals surface area contributed by atoms with Crippen molar-refractivity contribution in [3.63, 3.8) is 0 Å². The van der Waals surface area contributed by atoms with Gasteiger partial charge in [0.1, 0.15) is 5.01 Å². The zero-order valence-electron chi connectivity index (χ0n) is 8.86. The topological polar surface area (TPSA) is 51.0 Å². The number of aryl methyl sites for hydroxylation is 1. The zero-order chi connectivity index (χ0) is 11.4. The number of hydrogen-bond donors (Lipinski definition) is 1. The summed E-state index contributed by atoms with van der Waals surface area (Å²) in [4.78, 5) is 0. The quantitative estimate of drug-likeness (QED) is 0.863. The largest absolute Gasteiger partial charge is 0.457 e. The van der Waals surface area contributed by atoms with E-state index in [1.807, 2.05) is 13.1 Å². The van der Waals surface area contributed by atoms with Gasteiger partial charge in [-0.3, -0.25) is 0 Å². The first kappa shape index (κ1) is 11.8. The molecular formula is C10H12BrN3OS. The van der Waals surface area contributed by atoms with Crippen molar-refractivity contribution in [1.82, 2.24) is 15.5 Å². The summed E-state index contributed by atoms with van der Waals surface area (Å²) in [5, 5.41) is 13.4. The standard InChI is InChI=1S/C10H12BrN3OS/c1-12-5-2-3-8-13-14-10(16-8)7-4-6-15-9(7)11/h4,6,12H,2-3,5H2,1H3. The number of rotatable bonds is 5. The second kappa shape index (κ2) is 5.56. The van der Waals surface area contributed by atoms with E-state index < -0.39 is 0 Å². The van der Waals surface area contributed by atoms with Crippen molar-refractivity contribution in [2.45, 2.75) is 12.8 Å². The molecule has 0 atom stereocenters. The minimum absolute atomic E-state index is 0.713. The van der Waals surface area contributed by atoms with Crippen LogP contribution in [0.2, 0.25) is 0 Å². The third kappa shape index (κ3) is 2.69. The summed E-state index contributed by atoms with van der Waals surface area (Å²) in [5.41, 5.74) is 0.970. The molecule has 0 bridgehead atoms. The monoisotopic (exact) mass is 301 g/mol. The number of nitrogens with zero attached hydrogens (tertiary/aromatic N) is 2. The molecule has 0 saturated carbocycles. The van der Waals surface area contributed by atoms with E-state index in [1.54, 1.807) is 17.6 Å². The van der Waals surface area contributed by atoms with E-state index in [2.05, 4.69) is 31.4 Å². The fourth-order valence-corrected chi connectivity index (χ4v) is 2.79. The van der Waals surface area contributed by atoms with Crippen LogP contribution in [0, 0.1) is 0 Å². The van der Waals surface area contributed by atoms with Gasteiger partial charge in [-0.25, -0.2) is 0 Å². The number of nitrogens with one attached hydrogen (secondary N) is 1. The molecule has 0 amide bonds. The van der Waals surface area contributed by atoms with Gasteiger partial charge in [-0.15, -0.1) is 10.2 Å². The average Bonchev–Trinajstić information content (AvgIpc) is 2.87. The Labute approximate surface area is 106 Å². The Morgan fingerprint density at radius 2 is 2.38 bits per heavy atom. The summed E-state index contributed by atoms with van der Waals surface area (Å²) in [6.45, 7) is 1.00. The third-order valence-corrected chi connectivity index (χ3v) is 3.76. The van der Waals surface area contributed by atoms with Gasteiger partial charge in [0, 0.05) is 6.42 Å². The van der Waals surface area contributed by atoms with Crippen molar-refractivity contribution in [3.05, 3.63) is 22.0 Å². The average molecular weight is 302 g/mol. The summed E-state index contributed by atoms with van der Waals surface area (Å²) in [6.07, 6.45) is 3.69. The molecule has 2 rings (SSSR count). The maximum atomic E-state index is 5.17. The molecule has 2 aromatic rings. The molecule has 0 radical (unpaired) electrons. The molecule has 16 heavy (non-hydrogen) atoms. The molecule has 2 heterocycles. The molecule has 86 valence electrons. The Hall–Kier alpha value is -0.720. The van der Waals surface area contributed by atoms with Crippen LogP contribution >= 0.6 is 27.3 Å². The van der Waals surface area contributed by atoms with Crippen molar-refractivity contribution >= 4 is 27.3 Å². The maximum Gasteiger partial charge on any atom is 0.179 e. The highest BCUT2D eigenvalue weighted by molar-refractivity contribution is 9.10. The van der Waals surface area contributed by atoms with Gasteiger partial charge < -0.3 is 9.73 Å². The molecule has 0 spiro atoms. The van der Waals surface area contributed by atoms with E-state index >= 15 is 0 Å². The summed E-state index contributed by atoms with van der Waals surface area (Å²) >= 11 is 4.95. The smallest absolute Gasteiger partial charge is 0.179 e. The molecule has 6 heteroatoms. The van der Waals surface area contributed by atoms with Gasteiger partial charge in [0.15, 0.2) is 9.68 Å². The van der Waals surface area contributed by atoms with Gasteiger partial charge >= 0.3 is 0 Å². The molecular weight excluding hydrogens is 290 g/mol. The molecule has 1 N–H and O–H groups in total. The summed E-state index contributed by atoms with van der Waals surface area (Å²) in [5.74, 6) is 0. The van der Waals surface area contributed by atoms with Crippen LogP contribution in [0.25, 0.3) is 10.6 Å². The lowest BCUT2D eigenvalue weighted by molar-refractivity contribution is 0.542. The molecule has 0 aliphatic carbocycles. The van der Waals surface area contributed by atoms with Crippen LogP contribution in [0.5, 0.6) is 0 Å². The lowest BCUT2D eigenvalue weighted by Crippen LogP contribution is -2.08. The van der Waals surface area contributed by atoms with E-state index in [0.717, 1.165) is 35.0 Å². The highest BCUT2D eigenvalue weighted by Gasteiger charge is 2.11. The van der Waals surface area contributed by atoms with E-state index in [0.29, 0.717) is 4.67 Å². The first-order valence-electron chi connectivity index (χ1n) is 5.01. The Kier molecular flexibility index (Phi) is 4.09. The predicted molar refractivity (Wildman–Crippen MR) is 67.6 cm³/mol. The van der Waals surface area contributed by atoms with E-state index in [9.17, 15) is 0 Å². The molecule has 4 nitrogen and oxygen atoms in total. The van der Waals surface area contributed by atoms with Crippen molar-refractivity contribution in [3.8, 4) is 10.6 Å². The van der Waals surface area contributed by atoms with Crippen LogP contribution in [-0.2, 0) is 6.42 Å². The number of furan rings is 1. The lowest BCUT2D eigenvalue weighted by atomic mass is 10.3. The van der Waals surface area contributed by atoms with Crippen molar-refractivity contribution in [2.75, 3.05) is 13.6 Å². The maximum absolute atomic E-state index is 5.17. The van der Waals surface area contributed by atoms with Crippen LogP contribution in [0.15, 0.2) is 21.4 Å². The van der Waals surface area contributed by atoms with Gasteiger partial charge in [-0.05, 0) is 42.0 Å². The Morgan fingerprint density at radius 3 is 3.06 bits per heavy atom. The first-order chi connectivity index (χ1) is 7.81. The fraction of sp³-hybridized carbons (Fsp3) is 0.400. The molecule has 0 aromatic carbocycles. The van der Waals surface area contributed by atoms with Crippen molar-refractivity contribution in [2.24, 2.45) is 0 Å². The van der Waals surface area contributed by atoms with Crippen LogP contribution in [0.1, 0.15) is 11.4 Å². The van der Waals surface area contributed by atoms with E-state index in [-0.39, 0.29) is 0 Å². The predicted octanol–water partition coefficient (Wildman–Crippen LogP) is 2.71. The van der Waals surface area contributed by atoms with Crippen LogP contribution in [0.4, 0.5) is 0 Å². The van der Waals surface area contributed by atoms with Gasteiger partial charge in [0.05, 0.1) is 11.8 Å². The first-order valence-corrected chi connectivity index (χ1v) is 6.62. The van der Waals surface area contributed by atoms with Gasteiger partial charge in [-0.1, -0.05) is 11.3 Å². The molecule has 0 fully saturated rings. The molecule has 0 saturated heterocycles. The molecule has 0 aliphatic heterocycles. The van der Waals surface area contributed by atoms with Crippen LogP contribution < -0.4 is 5.32 Å². The Morgan fingerprint density at radius 1 is 1.50 bits per heavy atom. The van der Waals surface area contributed by atoms with Gasteiger partial charge in [0.2, 0.25) is 0 Å². The second-order valence-corrected chi connectivity index (χ2v) is 5.10. The normalized spacial score (nSPS) is 10.9. The minimum atomic E-state index is 0.713. The fourth-order valence-electron chi connectivity index (χ4n) is 1.33. The summed E-state index contributed by atoms with van der Waals surface area (Å²) in [7, 11) is 1.95. The van der Waals surface area contributed by atoms with Crippen molar-refractivity contribution < 1.29 is 4.42 Å².